The molecule has 24 heavy (non-hydrogen) atoms. The van der Waals surface area contributed by atoms with Crippen LogP contribution in [0.1, 0.15) is 31.1 Å². The van der Waals surface area contributed by atoms with Crippen molar-refractivity contribution in [1.82, 2.24) is 9.55 Å². The number of aromatic amines is 1. The first-order chi connectivity index (χ1) is 11.5. The summed E-state index contributed by atoms with van der Waals surface area (Å²) < 4.78 is 23.0. The first kappa shape index (κ1) is 17.7. The van der Waals surface area contributed by atoms with Crippen molar-refractivity contribution in [2.75, 3.05) is 19.8 Å². The molecule has 0 saturated carbocycles. The van der Waals surface area contributed by atoms with Gasteiger partial charge in [0.2, 0.25) is 0 Å². The fraction of sp³-hybridized carbons (Fsp3) is 0.714. The number of aromatic nitrogens is 2. The van der Waals surface area contributed by atoms with Gasteiger partial charge in [0, 0.05) is 18.4 Å². The van der Waals surface area contributed by atoms with Crippen molar-refractivity contribution in [3.05, 3.63) is 32.6 Å². The molecule has 2 aliphatic heterocycles. The first-order valence-corrected chi connectivity index (χ1v) is 9.00. The predicted octanol–water partition coefficient (Wildman–Crippen LogP) is 0.564. The summed E-state index contributed by atoms with van der Waals surface area (Å²) in [7, 11) is -1.97. The van der Waals surface area contributed by atoms with Crippen LogP contribution in [0.3, 0.4) is 0 Å². The minimum Gasteiger partial charge on any atom is -0.379 e. The Kier molecular flexibility index (Phi) is 5.80. The molecule has 2 aliphatic rings. The number of aryl methyl sites for hydroxylation is 1. The van der Waals surface area contributed by atoms with Gasteiger partial charge in [-0.05, 0) is 26.2 Å². The molecular weight excluding hydrogens is 339 g/mol. The molecule has 9 nitrogen and oxygen atoms in total. The molecule has 0 radical (unpaired) electrons. The van der Waals surface area contributed by atoms with E-state index in [-0.39, 0.29) is 18.8 Å². The molecule has 0 aliphatic carbocycles. The lowest BCUT2D eigenvalue weighted by Gasteiger charge is -2.18. The second kappa shape index (κ2) is 7.86. The molecule has 0 amide bonds. The zero-order valence-electron chi connectivity index (χ0n) is 13.3. The number of rotatable bonds is 6. The topological polar surface area (TPSA) is 112 Å². The van der Waals surface area contributed by atoms with Crippen molar-refractivity contribution in [1.29, 1.82) is 0 Å². The van der Waals surface area contributed by atoms with Gasteiger partial charge in [-0.15, -0.1) is 0 Å². The van der Waals surface area contributed by atoms with E-state index >= 15 is 0 Å². The Labute approximate surface area is 139 Å². The lowest BCUT2D eigenvalue weighted by molar-refractivity contribution is -0.0239. The second-order valence-corrected chi connectivity index (χ2v) is 6.84. The quantitative estimate of drug-likeness (QED) is 0.713. The highest BCUT2D eigenvalue weighted by atomic mass is 31.2. The SMILES string of the molecule is Cc1cn(C2CCC(COP(O)OC3CCOC3)O2)c(=O)[nH]c1=O. The molecule has 2 saturated heterocycles. The molecule has 4 unspecified atom stereocenters. The van der Waals surface area contributed by atoms with Crippen molar-refractivity contribution in [2.24, 2.45) is 0 Å². The van der Waals surface area contributed by atoms with Crippen molar-refractivity contribution < 1.29 is 23.4 Å². The zero-order valence-corrected chi connectivity index (χ0v) is 14.2. The van der Waals surface area contributed by atoms with Crippen LogP contribution < -0.4 is 11.2 Å². The van der Waals surface area contributed by atoms with Gasteiger partial charge in [0.25, 0.3) is 5.56 Å². The van der Waals surface area contributed by atoms with E-state index in [4.69, 9.17) is 18.5 Å². The predicted molar refractivity (Wildman–Crippen MR) is 84.6 cm³/mol. The number of hydrogen-bond acceptors (Lipinski definition) is 7. The molecule has 1 aromatic rings. The molecule has 3 rings (SSSR count). The third-order valence-corrected chi connectivity index (χ3v) is 4.89. The monoisotopic (exact) mass is 360 g/mol. The minimum absolute atomic E-state index is 0.124. The van der Waals surface area contributed by atoms with E-state index in [2.05, 4.69) is 4.98 Å². The summed E-state index contributed by atoms with van der Waals surface area (Å²) in [6.45, 7) is 2.92. The average Bonchev–Trinajstić information content (AvgIpc) is 3.20. The number of nitrogens with one attached hydrogen (secondary N) is 1. The fourth-order valence-corrected chi connectivity index (χ4v) is 3.49. The van der Waals surface area contributed by atoms with Crippen LogP contribution in [0.4, 0.5) is 0 Å². The molecular formula is C14H21N2O7P. The smallest absolute Gasteiger partial charge is 0.330 e. The summed E-state index contributed by atoms with van der Waals surface area (Å²) in [5, 5.41) is 0. The van der Waals surface area contributed by atoms with Crippen LogP contribution >= 0.6 is 8.60 Å². The number of ether oxygens (including phenoxy) is 2. The first-order valence-electron chi connectivity index (χ1n) is 7.87. The molecule has 1 aromatic heterocycles. The van der Waals surface area contributed by atoms with E-state index in [0.29, 0.717) is 31.6 Å². The van der Waals surface area contributed by atoms with E-state index in [1.807, 2.05) is 0 Å². The van der Waals surface area contributed by atoms with Gasteiger partial charge in [-0.25, -0.2) is 4.79 Å². The zero-order chi connectivity index (χ0) is 17.1. The third kappa shape index (κ3) is 4.30. The van der Waals surface area contributed by atoms with Gasteiger partial charge in [0.05, 0.1) is 25.4 Å². The Bertz CT molecular complexity index is 670. The van der Waals surface area contributed by atoms with Crippen molar-refractivity contribution in [3.8, 4) is 0 Å². The lowest BCUT2D eigenvalue weighted by atomic mass is 10.2. The van der Waals surface area contributed by atoms with Crippen LogP contribution in [0.15, 0.2) is 15.8 Å². The summed E-state index contributed by atoms with van der Waals surface area (Å²) in [6, 6.07) is 0. The molecule has 0 aromatic carbocycles. The summed E-state index contributed by atoms with van der Waals surface area (Å²) in [6.07, 6.45) is 2.74. The van der Waals surface area contributed by atoms with Crippen LogP contribution in [0, 0.1) is 6.92 Å². The Morgan fingerprint density at radius 1 is 1.42 bits per heavy atom. The van der Waals surface area contributed by atoms with Crippen LogP contribution in [-0.2, 0) is 18.5 Å². The van der Waals surface area contributed by atoms with Gasteiger partial charge in [0.15, 0.2) is 0 Å². The molecule has 2 fully saturated rings. The molecule has 0 spiro atoms. The second-order valence-electron chi connectivity index (χ2n) is 5.89. The molecule has 2 N–H and O–H groups in total. The van der Waals surface area contributed by atoms with E-state index in [0.717, 1.165) is 6.42 Å². The Hall–Kier alpha value is -1.09. The minimum atomic E-state index is -1.97. The van der Waals surface area contributed by atoms with E-state index in [1.54, 1.807) is 6.92 Å². The Balaban J connectivity index is 1.49. The largest absolute Gasteiger partial charge is 0.379 e. The lowest BCUT2D eigenvalue weighted by Crippen LogP contribution is -2.33. The molecule has 0 bridgehead atoms. The standard InChI is InChI=1S/C14H21N2O7P/c1-9-6-16(14(18)15-13(9)17)12-3-2-10(22-12)8-21-24(19)23-11-4-5-20-7-11/h6,10-12,19H,2-5,7-8H2,1H3,(H,15,17,18). The van der Waals surface area contributed by atoms with Gasteiger partial charge >= 0.3 is 14.3 Å². The van der Waals surface area contributed by atoms with Crippen LogP contribution in [0.2, 0.25) is 0 Å². The van der Waals surface area contributed by atoms with Gasteiger partial charge in [0.1, 0.15) is 6.23 Å². The summed E-state index contributed by atoms with van der Waals surface area (Å²) in [5.74, 6) is 0. The van der Waals surface area contributed by atoms with E-state index < -0.39 is 26.1 Å². The van der Waals surface area contributed by atoms with Gasteiger partial charge in [-0.1, -0.05) is 0 Å². The molecule has 10 heteroatoms. The van der Waals surface area contributed by atoms with E-state index in [1.165, 1.54) is 10.8 Å². The number of hydrogen-bond donors (Lipinski definition) is 2. The highest BCUT2D eigenvalue weighted by molar-refractivity contribution is 7.40. The average molecular weight is 360 g/mol. The summed E-state index contributed by atoms with van der Waals surface area (Å²) >= 11 is 0. The van der Waals surface area contributed by atoms with Crippen molar-refractivity contribution >= 4 is 8.60 Å². The summed E-state index contributed by atoms with van der Waals surface area (Å²) in [4.78, 5) is 35.3. The van der Waals surface area contributed by atoms with E-state index in [9.17, 15) is 14.5 Å². The summed E-state index contributed by atoms with van der Waals surface area (Å²) in [5.41, 5.74) is -0.441. The van der Waals surface area contributed by atoms with Crippen molar-refractivity contribution in [2.45, 2.75) is 44.6 Å². The fourth-order valence-electron chi connectivity index (χ4n) is 2.71. The maximum absolute atomic E-state index is 11.9. The number of nitrogens with zero attached hydrogens (tertiary/aromatic N) is 1. The van der Waals surface area contributed by atoms with Gasteiger partial charge < -0.3 is 23.4 Å². The Morgan fingerprint density at radius 2 is 2.25 bits per heavy atom. The van der Waals surface area contributed by atoms with Crippen LogP contribution in [0.25, 0.3) is 0 Å². The maximum Gasteiger partial charge on any atom is 0.330 e. The number of H-pyrrole nitrogens is 1. The third-order valence-electron chi connectivity index (χ3n) is 4.04. The van der Waals surface area contributed by atoms with Crippen molar-refractivity contribution in [3.63, 3.8) is 0 Å². The Morgan fingerprint density at radius 3 is 3.00 bits per heavy atom. The van der Waals surface area contributed by atoms with Crippen LogP contribution in [-0.4, -0.2) is 46.5 Å². The highest BCUT2D eigenvalue weighted by Gasteiger charge is 2.29. The van der Waals surface area contributed by atoms with Gasteiger partial charge in [-0.2, -0.15) is 0 Å². The highest BCUT2D eigenvalue weighted by Crippen LogP contribution is 2.38. The normalized spacial score (nSPS) is 28.3. The molecule has 3 heterocycles. The maximum atomic E-state index is 11.9. The molecule has 4 atom stereocenters. The van der Waals surface area contributed by atoms with Crippen LogP contribution in [0.5, 0.6) is 0 Å². The molecule has 134 valence electrons. The van der Waals surface area contributed by atoms with Gasteiger partial charge in [-0.3, -0.25) is 14.3 Å².